The van der Waals surface area contributed by atoms with Crippen LogP contribution in [0.5, 0.6) is 0 Å². The quantitative estimate of drug-likeness (QED) is 0.757. The van der Waals surface area contributed by atoms with Crippen molar-refractivity contribution in [1.82, 2.24) is 4.90 Å². The maximum atomic E-state index is 13.0. The summed E-state index contributed by atoms with van der Waals surface area (Å²) in [4.78, 5) is 17.0. The Balaban J connectivity index is 1.67. The molecular weight excluding hydrogens is 336 g/mol. The minimum Gasteiger partial charge on any atom is -0.306 e. The highest BCUT2D eigenvalue weighted by molar-refractivity contribution is 7.91. The third kappa shape index (κ3) is 3.34. The summed E-state index contributed by atoms with van der Waals surface area (Å²) < 4.78 is 24.8. The number of para-hydroxylation sites is 1. The van der Waals surface area contributed by atoms with Gasteiger partial charge >= 0.3 is 0 Å². The fourth-order valence-corrected chi connectivity index (χ4v) is 6.78. The van der Waals surface area contributed by atoms with Crippen LogP contribution in [0.1, 0.15) is 38.5 Å². The molecule has 25 heavy (non-hydrogen) atoms. The number of amides is 1. The van der Waals surface area contributed by atoms with E-state index in [0.29, 0.717) is 12.6 Å². The van der Waals surface area contributed by atoms with E-state index in [-0.39, 0.29) is 29.5 Å². The van der Waals surface area contributed by atoms with Crippen molar-refractivity contribution in [1.29, 1.82) is 0 Å². The Morgan fingerprint density at radius 1 is 0.880 bits per heavy atom. The lowest BCUT2D eigenvalue weighted by Crippen LogP contribution is -2.64. The number of carbonyl (C=O) groups excluding carboxylic acids is 1. The van der Waals surface area contributed by atoms with Crippen molar-refractivity contribution >= 4 is 21.4 Å². The molecule has 1 aliphatic carbocycles. The van der Waals surface area contributed by atoms with Crippen LogP contribution in [-0.2, 0) is 14.6 Å². The van der Waals surface area contributed by atoms with E-state index in [9.17, 15) is 13.2 Å². The van der Waals surface area contributed by atoms with Crippen molar-refractivity contribution in [3.63, 3.8) is 0 Å². The van der Waals surface area contributed by atoms with Gasteiger partial charge in [0.15, 0.2) is 9.84 Å². The van der Waals surface area contributed by atoms with Crippen molar-refractivity contribution in [2.45, 2.75) is 56.7 Å². The molecular formula is C19H26N2O3S. The highest BCUT2D eigenvalue weighted by atomic mass is 32.2. The van der Waals surface area contributed by atoms with Gasteiger partial charge < -0.3 is 4.90 Å². The SMILES string of the molecule is O=C1CN(C2CCCCCC2)C2CS(=O)(=O)CC2N1c1ccccc1. The third-order valence-corrected chi connectivity index (χ3v) is 7.66. The van der Waals surface area contributed by atoms with Gasteiger partial charge in [-0.2, -0.15) is 0 Å². The van der Waals surface area contributed by atoms with Crippen LogP contribution in [0.25, 0.3) is 0 Å². The summed E-state index contributed by atoms with van der Waals surface area (Å²) in [5, 5.41) is 0. The zero-order valence-electron chi connectivity index (χ0n) is 14.5. The number of sulfone groups is 1. The Labute approximate surface area is 149 Å². The van der Waals surface area contributed by atoms with Crippen LogP contribution in [0.4, 0.5) is 5.69 Å². The molecule has 2 heterocycles. The van der Waals surface area contributed by atoms with Gasteiger partial charge in [0.25, 0.3) is 0 Å². The molecule has 136 valence electrons. The summed E-state index contributed by atoms with van der Waals surface area (Å²) in [5.74, 6) is 0.306. The Morgan fingerprint density at radius 3 is 2.20 bits per heavy atom. The van der Waals surface area contributed by atoms with E-state index in [4.69, 9.17) is 0 Å². The molecule has 4 rings (SSSR count). The van der Waals surface area contributed by atoms with Gasteiger partial charge in [0.1, 0.15) is 0 Å². The highest BCUT2D eigenvalue weighted by Crippen LogP contribution is 2.35. The molecule has 0 spiro atoms. The smallest absolute Gasteiger partial charge is 0.241 e. The molecule has 2 aliphatic heterocycles. The summed E-state index contributed by atoms with van der Waals surface area (Å²) in [5.41, 5.74) is 0.820. The molecule has 3 fully saturated rings. The molecule has 1 amide bonds. The minimum absolute atomic E-state index is 0.0359. The maximum Gasteiger partial charge on any atom is 0.241 e. The molecule has 2 saturated heterocycles. The van der Waals surface area contributed by atoms with Gasteiger partial charge in [0.05, 0.1) is 24.1 Å². The molecule has 0 N–H and O–H groups in total. The van der Waals surface area contributed by atoms with Crippen LogP contribution in [0, 0.1) is 0 Å². The molecule has 0 bridgehead atoms. The van der Waals surface area contributed by atoms with Crippen molar-refractivity contribution in [2.75, 3.05) is 23.0 Å². The summed E-state index contributed by atoms with van der Waals surface area (Å²) in [6.07, 6.45) is 7.04. The molecule has 5 nitrogen and oxygen atoms in total. The summed E-state index contributed by atoms with van der Waals surface area (Å²) >= 11 is 0. The first-order chi connectivity index (χ1) is 12.1. The van der Waals surface area contributed by atoms with E-state index < -0.39 is 9.84 Å². The Bertz CT molecular complexity index is 726. The molecule has 6 heteroatoms. The number of carbonyl (C=O) groups is 1. The van der Waals surface area contributed by atoms with Crippen molar-refractivity contribution < 1.29 is 13.2 Å². The number of hydrogen-bond donors (Lipinski definition) is 0. The largest absolute Gasteiger partial charge is 0.306 e. The second-order valence-electron chi connectivity index (χ2n) is 7.63. The van der Waals surface area contributed by atoms with E-state index >= 15 is 0 Å². The Kier molecular flexibility index (Phi) is 4.58. The molecule has 2 atom stereocenters. The van der Waals surface area contributed by atoms with Crippen LogP contribution in [0.15, 0.2) is 30.3 Å². The number of benzene rings is 1. The van der Waals surface area contributed by atoms with Gasteiger partial charge in [-0.3, -0.25) is 9.69 Å². The summed E-state index contributed by atoms with van der Waals surface area (Å²) in [6.45, 7) is 0.343. The number of nitrogens with zero attached hydrogens (tertiary/aromatic N) is 2. The van der Waals surface area contributed by atoms with Gasteiger partial charge in [-0.25, -0.2) is 8.42 Å². The fourth-order valence-electron chi connectivity index (χ4n) is 4.82. The van der Waals surface area contributed by atoms with Gasteiger partial charge in [-0.1, -0.05) is 43.9 Å². The van der Waals surface area contributed by atoms with E-state index in [2.05, 4.69) is 4.90 Å². The van der Waals surface area contributed by atoms with Crippen molar-refractivity contribution in [3.8, 4) is 0 Å². The first-order valence-electron chi connectivity index (χ1n) is 9.38. The number of hydrogen-bond acceptors (Lipinski definition) is 4. The van der Waals surface area contributed by atoms with E-state index in [1.807, 2.05) is 30.3 Å². The van der Waals surface area contributed by atoms with Gasteiger partial charge in [0, 0.05) is 17.8 Å². The van der Waals surface area contributed by atoms with Crippen LogP contribution in [0.2, 0.25) is 0 Å². The third-order valence-electron chi connectivity index (χ3n) is 5.97. The summed E-state index contributed by atoms with van der Waals surface area (Å²) in [6, 6.07) is 9.56. The van der Waals surface area contributed by atoms with Gasteiger partial charge in [-0.15, -0.1) is 0 Å². The maximum absolute atomic E-state index is 13.0. The lowest BCUT2D eigenvalue weighted by molar-refractivity contribution is -0.124. The summed E-state index contributed by atoms with van der Waals surface area (Å²) in [7, 11) is -3.11. The van der Waals surface area contributed by atoms with Crippen LogP contribution in [-0.4, -0.2) is 55.4 Å². The molecule has 1 aromatic carbocycles. The van der Waals surface area contributed by atoms with Crippen LogP contribution >= 0.6 is 0 Å². The lowest BCUT2D eigenvalue weighted by Gasteiger charge is -2.46. The van der Waals surface area contributed by atoms with Crippen molar-refractivity contribution in [2.24, 2.45) is 0 Å². The highest BCUT2D eigenvalue weighted by Gasteiger charge is 2.51. The molecule has 1 saturated carbocycles. The fraction of sp³-hybridized carbons (Fsp3) is 0.632. The first kappa shape index (κ1) is 17.0. The Hall–Kier alpha value is -1.40. The van der Waals surface area contributed by atoms with Crippen LogP contribution < -0.4 is 4.90 Å². The average Bonchev–Trinajstić information content (AvgIpc) is 2.77. The number of anilines is 1. The lowest BCUT2D eigenvalue weighted by atomic mass is 9.97. The second kappa shape index (κ2) is 6.72. The minimum atomic E-state index is -3.11. The normalized spacial score (nSPS) is 30.9. The van der Waals surface area contributed by atoms with E-state index in [1.165, 1.54) is 25.7 Å². The molecule has 0 aromatic heterocycles. The van der Waals surface area contributed by atoms with Gasteiger partial charge in [-0.05, 0) is 25.0 Å². The predicted octanol–water partition coefficient (Wildman–Crippen LogP) is 2.22. The predicted molar refractivity (Wildman–Crippen MR) is 98.4 cm³/mol. The monoisotopic (exact) mass is 362 g/mol. The van der Waals surface area contributed by atoms with E-state index in [1.54, 1.807) is 4.90 Å². The molecule has 3 aliphatic rings. The number of fused-ring (bicyclic) bond motifs is 1. The van der Waals surface area contributed by atoms with Gasteiger partial charge in [0.2, 0.25) is 5.91 Å². The zero-order chi connectivity index (χ0) is 17.4. The number of piperazine rings is 1. The zero-order valence-corrected chi connectivity index (χ0v) is 15.3. The first-order valence-corrected chi connectivity index (χ1v) is 11.2. The molecule has 0 radical (unpaired) electrons. The molecule has 2 unspecified atom stereocenters. The topological polar surface area (TPSA) is 57.7 Å². The second-order valence-corrected chi connectivity index (χ2v) is 9.78. The van der Waals surface area contributed by atoms with Crippen LogP contribution in [0.3, 0.4) is 0 Å². The molecule has 1 aromatic rings. The standard InChI is InChI=1S/C19H26N2O3S/c22-19-12-20(15-8-4-1-2-5-9-15)17-13-25(23,24)14-18(17)21(19)16-10-6-3-7-11-16/h3,6-7,10-11,15,17-18H,1-2,4-5,8-9,12-14H2. The number of rotatable bonds is 2. The average molecular weight is 362 g/mol. The van der Waals surface area contributed by atoms with E-state index in [0.717, 1.165) is 18.5 Å². The van der Waals surface area contributed by atoms with Crippen molar-refractivity contribution in [3.05, 3.63) is 30.3 Å². The Morgan fingerprint density at radius 2 is 1.52 bits per heavy atom.